The molecule has 3 nitrogen and oxygen atoms in total. The van der Waals surface area contributed by atoms with Crippen LogP contribution in [-0.4, -0.2) is 17.3 Å². The highest BCUT2D eigenvalue weighted by molar-refractivity contribution is 6.41. The summed E-state index contributed by atoms with van der Waals surface area (Å²) >= 11 is 0. The molecule has 3 saturated carbocycles. The molecule has 3 fully saturated rings. The van der Waals surface area contributed by atoms with E-state index in [4.69, 9.17) is 6.42 Å². The van der Waals surface area contributed by atoms with Crippen molar-refractivity contribution >= 4 is 17.3 Å². The molecular weight excluding hydrogens is 300 g/mol. The lowest BCUT2D eigenvalue weighted by Gasteiger charge is -2.57. The minimum atomic E-state index is -0.457. The summed E-state index contributed by atoms with van der Waals surface area (Å²) in [6.45, 7) is 2.00. The minimum absolute atomic E-state index is 0.0679. The number of rotatable bonds is 1. The first-order valence-corrected chi connectivity index (χ1v) is 9.17. The molecule has 0 amide bonds. The molecule has 0 bridgehead atoms. The van der Waals surface area contributed by atoms with Crippen LogP contribution in [0.15, 0.2) is 11.6 Å². The van der Waals surface area contributed by atoms with Crippen LogP contribution in [-0.2, 0) is 14.4 Å². The van der Waals surface area contributed by atoms with Crippen LogP contribution in [0.2, 0.25) is 0 Å². The Morgan fingerprint density at radius 1 is 1.17 bits per heavy atom. The minimum Gasteiger partial charge on any atom is -0.295 e. The summed E-state index contributed by atoms with van der Waals surface area (Å²) in [5, 5.41) is 0. The summed E-state index contributed by atoms with van der Waals surface area (Å²) in [7, 11) is 0. The first-order chi connectivity index (χ1) is 11.4. The third kappa shape index (κ3) is 1.89. The molecule has 0 heterocycles. The molecule has 4 aliphatic rings. The van der Waals surface area contributed by atoms with Gasteiger partial charge < -0.3 is 0 Å². The number of fused-ring (bicyclic) bond motifs is 5. The number of hydrogen-bond acceptors (Lipinski definition) is 3. The van der Waals surface area contributed by atoms with Crippen LogP contribution >= 0.6 is 0 Å². The molecule has 0 aliphatic heterocycles. The average molecular weight is 324 g/mol. The highest BCUT2D eigenvalue weighted by Gasteiger charge is 2.62. The number of terminal acetylenes is 1. The lowest BCUT2D eigenvalue weighted by atomic mass is 9.46. The van der Waals surface area contributed by atoms with Crippen LogP contribution in [0.3, 0.4) is 0 Å². The van der Waals surface area contributed by atoms with Gasteiger partial charge in [-0.05, 0) is 55.9 Å². The van der Waals surface area contributed by atoms with Gasteiger partial charge in [-0.25, -0.2) is 0 Å². The predicted octanol–water partition coefficient (Wildman–Crippen LogP) is 3.27. The average Bonchev–Trinajstić information content (AvgIpc) is 2.79. The van der Waals surface area contributed by atoms with E-state index >= 15 is 0 Å². The van der Waals surface area contributed by atoms with Crippen LogP contribution in [0.25, 0.3) is 0 Å². The highest BCUT2D eigenvalue weighted by atomic mass is 16.2. The normalized spacial score (nSPS) is 44.2. The third-order valence-electron chi connectivity index (χ3n) is 7.67. The molecule has 0 unspecified atom stereocenters. The van der Waals surface area contributed by atoms with Gasteiger partial charge in [-0.1, -0.05) is 12.5 Å². The van der Waals surface area contributed by atoms with Gasteiger partial charge in [0, 0.05) is 30.1 Å². The zero-order chi connectivity index (χ0) is 17.1. The van der Waals surface area contributed by atoms with Crippen molar-refractivity contribution in [3.8, 4) is 12.3 Å². The van der Waals surface area contributed by atoms with Crippen molar-refractivity contribution in [2.45, 2.75) is 58.3 Å². The Kier molecular flexibility index (Phi) is 3.39. The summed E-state index contributed by atoms with van der Waals surface area (Å²) in [4.78, 5) is 36.5. The van der Waals surface area contributed by atoms with Gasteiger partial charge in [0.15, 0.2) is 11.6 Å². The first-order valence-electron chi connectivity index (χ1n) is 9.17. The van der Waals surface area contributed by atoms with E-state index in [9.17, 15) is 14.4 Å². The second-order valence-corrected chi connectivity index (χ2v) is 8.50. The van der Waals surface area contributed by atoms with E-state index in [0.717, 1.165) is 32.1 Å². The molecular formula is C21H24O3. The fourth-order valence-electron chi connectivity index (χ4n) is 6.46. The van der Waals surface area contributed by atoms with E-state index in [0.29, 0.717) is 31.1 Å². The van der Waals surface area contributed by atoms with E-state index in [1.807, 2.05) is 13.0 Å². The number of hydrogen-bond donors (Lipinski definition) is 0. The van der Waals surface area contributed by atoms with Crippen molar-refractivity contribution in [3.05, 3.63) is 11.6 Å². The number of carbonyl (C=O) groups excluding carboxylic acids is 3. The zero-order valence-corrected chi connectivity index (χ0v) is 14.3. The first kappa shape index (κ1) is 15.8. The van der Waals surface area contributed by atoms with Gasteiger partial charge in [0.05, 0.1) is 0 Å². The topological polar surface area (TPSA) is 51.2 Å². The number of ketones is 3. The van der Waals surface area contributed by atoms with Crippen molar-refractivity contribution in [2.24, 2.45) is 28.6 Å². The van der Waals surface area contributed by atoms with Gasteiger partial charge in [0.25, 0.3) is 0 Å². The van der Waals surface area contributed by atoms with Gasteiger partial charge in [-0.2, -0.15) is 0 Å². The summed E-state index contributed by atoms with van der Waals surface area (Å²) in [5.74, 6) is 3.76. The number of carbonyl (C=O) groups is 3. The Balaban J connectivity index is 1.76. The lowest BCUT2D eigenvalue weighted by molar-refractivity contribution is -0.141. The van der Waals surface area contributed by atoms with Gasteiger partial charge >= 0.3 is 0 Å². The maximum absolute atomic E-state index is 12.4. The van der Waals surface area contributed by atoms with Crippen LogP contribution in [0.5, 0.6) is 0 Å². The predicted molar refractivity (Wildman–Crippen MR) is 89.9 cm³/mol. The van der Waals surface area contributed by atoms with E-state index in [1.54, 1.807) is 0 Å². The van der Waals surface area contributed by atoms with Crippen molar-refractivity contribution in [1.29, 1.82) is 0 Å². The van der Waals surface area contributed by atoms with Crippen molar-refractivity contribution in [1.82, 2.24) is 0 Å². The molecule has 24 heavy (non-hydrogen) atoms. The number of Topliss-reactive ketones (excluding diaryl/α,β-unsaturated/α-hetero) is 2. The van der Waals surface area contributed by atoms with Crippen molar-refractivity contribution < 1.29 is 14.4 Å². The molecule has 3 heteroatoms. The third-order valence-corrected chi connectivity index (χ3v) is 7.67. The van der Waals surface area contributed by atoms with E-state index in [1.165, 1.54) is 5.57 Å². The van der Waals surface area contributed by atoms with Crippen LogP contribution < -0.4 is 0 Å². The zero-order valence-electron chi connectivity index (χ0n) is 14.3. The SMILES string of the molecule is C#CC[C@]12CCC(=O)C=C1CC[C@@H]1[C@@H]2CC[C@]2(C)C(=O)C(=O)C[C@@H]12. The second-order valence-electron chi connectivity index (χ2n) is 8.50. The molecule has 0 aromatic heterocycles. The fourth-order valence-corrected chi connectivity index (χ4v) is 6.46. The van der Waals surface area contributed by atoms with E-state index in [-0.39, 0.29) is 28.7 Å². The monoisotopic (exact) mass is 324 g/mol. The van der Waals surface area contributed by atoms with E-state index in [2.05, 4.69) is 5.92 Å². The number of allylic oxidation sites excluding steroid dienone is 1. The molecule has 0 spiro atoms. The van der Waals surface area contributed by atoms with E-state index < -0.39 is 5.41 Å². The smallest absolute Gasteiger partial charge is 0.204 e. The summed E-state index contributed by atoms with van der Waals surface area (Å²) < 4.78 is 0. The van der Waals surface area contributed by atoms with Gasteiger partial charge in [0.2, 0.25) is 5.78 Å². The lowest BCUT2D eigenvalue weighted by Crippen LogP contribution is -2.51. The fraction of sp³-hybridized carbons (Fsp3) is 0.667. The maximum atomic E-state index is 12.4. The Bertz CT molecular complexity index is 709. The molecule has 126 valence electrons. The second kappa shape index (κ2) is 5.15. The molecule has 0 saturated heterocycles. The van der Waals surface area contributed by atoms with Crippen molar-refractivity contribution in [2.75, 3.05) is 0 Å². The van der Waals surface area contributed by atoms with Crippen LogP contribution in [0, 0.1) is 40.9 Å². The van der Waals surface area contributed by atoms with Gasteiger partial charge in [-0.3, -0.25) is 14.4 Å². The largest absolute Gasteiger partial charge is 0.295 e. The Hall–Kier alpha value is -1.69. The highest BCUT2D eigenvalue weighted by Crippen LogP contribution is 2.64. The maximum Gasteiger partial charge on any atom is 0.204 e. The molecule has 0 aromatic carbocycles. The molecule has 5 atom stereocenters. The van der Waals surface area contributed by atoms with Gasteiger partial charge in [-0.15, -0.1) is 12.3 Å². The van der Waals surface area contributed by atoms with Crippen LogP contribution in [0.1, 0.15) is 58.3 Å². The van der Waals surface area contributed by atoms with Crippen LogP contribution in [0.4, 0.5) is 0 Å². The van der Waals surface area contributed by atoms with Crippen molar-refractivity contribution in [3.63, 3.8) is 0 Å². The summed E-state index contributed by atoms with van der Waals surface area (Å²) in [6, 6.07) is 0. The Morgan fingerprint density at radius 2 is 1.96 bits per heavy atom. The Labute approximate surface area is 143 Å². The summed E-state index contributed by atoms with van der Waals surface area (Å²) in [6.07, 6.45) is 13.7. The molecule has 4 aliphatic carbocycles. The Morgan fingerprint density at radius 3 is 2.71 bits per heavy atom. The molecule has 0 radical (unpaired) electrons. The quantitative estimate of drug-likeness (QED) is 0.549. The molecule has 0 aromatic rings. The standard InChI is InChI=1S/C21H24O3/c1-3-8-21-10-6-14(22)11-13(21)4-5-15-16(21)7-9-20(2)17(15)12-18(23)19(20)24/h1,11,15-17H,4-10,12H2,2H3/t15-,16+,17+,20+,21+/m1/s1. The molecule has 4 rings (SSSR count). The van der Waals surface area contributed by atoms with Gasteiger partial charge in [0.1, 0.15) is 0 Å². The molecule has 0 N–H and O–H groups in total. The summed E-state index contributed by atoms with van der Waals surface area (Å²) in [5.41, 5.74) is 0.722.